The van der Waals surface area contributed by atoms with Gasteiger partial charge in [-0.05, 0) is 31.7 Å². The highest BCUT2D eigenvalue weighted by Gasteiger charge is 2.28. The summed E-state index contributed by atoms with van der Waals surface area (Å²) in [6.45, 7) is 1.93. The monoisotopic (exact) mass is 196 g/mol. The van der Waals surface area contributed by atoms with Crippen LogP contribution >= 0.6 is 0 Å². The van der Waals surface area contributed by atoms with Crippen molar-refractivity contribution in [2.75, 3.05) is 20.1 Å². The Labute approximate surface area is 85.8 Å². The molecule has 0 aromatic heterocycles. The number of likely N-dealkylation sites (N-methyl/N-ethyl adjacent to an activating group) is 1. The van der Waals surface area contributed by atoms with Crippen LogP contribution in [0.15, 0.2) is 0 Å². The Morgan fingerprint density at radius 1 is 1.43 bits per heavy atom. The minimum Gasteiger partial charge on any atom is -0.344 e. The molecular formula is C11H20N2O. The molecule has 80 valence electrons. The van der Waals surface area contributed by atoms with Crippen molar-refractivity contribution >= 4 is 5.91 Å². The van der Waals surface area contributed by atoms with Gasteiger partial charge in [-0.15, -0.1) is 0 Å². The second kappa shape index (κ2) is 4.30. The lowest BCUT2D eigenvalue weighted by molar-refractivity contribution is -0.128. The lowest BCUT2D eigenvalue weighted by atomic mass is 10.2. The molecule has 1 amide bonds. The van der Waals surface area contributed by atoms with Crippen molar-refractivity contribution in [2.45, 2.75) is 38.1 Å². The second-order valence-corrected chi connectivity index (χ2v) is 4.64. The zero-order chi connectivity index (χ0) is 9.97. The number of carbonyl (C=O) groups excluding carboxylic acids is 1. The van der Waals surface area contributed by atoms with Crippen molar-refractivity contribution in [3.05, 3.63) is 0 Å². The van der Waals surface area contributed by atoms with Gasteiger partial charge in [-0.1, -0.05) is 12.8 Å². The van der Waals surface area contributed by atoms with Crippen LogP contribution in [-0.2, 0) is 4.79 Å². The third-order valence-corrected chi connectivity index (χ3v) is 3.30. The van der Waals surface area contributed by atoms with E-state index in [1.165, 1.54) is 25.7 Å². The van der Waals surface area contributed by atoms with E-state index in [9.17, 15) is 4.79 Å². The van der Waals surface area contributed by atoms with Crippen molar-refractivity contribution in [3.8, 4) is 0 Å². The number of likely N-dealkylation sites (tertiary alicyclic amines) is 1. The molecule has 2 aliphatic rings. The molecule has 0 aromatic rings. The first-order valence-corrected chi connectivity index (χ1v) is 5.76. The van der Waals surface area contributed by atoms with E-state index < -0.39 is 0 Å². The van der Waals surface area contributed by atoms with Crippen LogP contribution < -0.4 is 5.32 Å². The lowest BCUT2D eigenvalue weighted by Crippen LogP contribution is -2.37. The van der Waals surface area contributed by atoms with Crippen LogP contribution in [0.4, 0.5) is 0 Å². The van der Waals surface area contributed by atoms with Gasteiger partial charge in [0.05, 0.1) is 6.04 Å². The van der Waals surface area contributed by atoms with E-state index >= 15 is 0 Å². The fraction of sp³-hybridized carbons (Fsp3) is 0.909. The fourth-order valence-electron chi connectivity index (χ4n) is 2.09. The Morgan fingerprint density at radius 3 is 2.79 bits per heavy atom. The van der Waals surface area contributed by atoms with Crippen molar-refractivity contribution in [1.29, 1.82) is 0 Å². The molecular weight excluding hydrogens is 176 g/mol. The van der Waals surface area contributed by atoms with Crippen molar-refractivity contribution < 1.29 is 4.79 Å². The van der Waals surface area contributed by atoms with Crippen molar-refractivity contribution in [1.82, 2.24) is 10.2 Å². The first-order chi connectivity index (χ1) is 6.77. The average Bonchev–Trinajstić information content (AvgIpc) is 2.94. The van der Waals surface area contributed by atoms with Gasteiger partial charge in [0.15, 0.2) is 0 Å². The predicted octanol–water partition coefficient (Wildman–Crippen LogP) is 0.997. The molecule has 2 rings (SSSR count). The maximum absolute atomic E-state index is 11.5. The van der Waals surface area contributed by atoms with Gasteiger partial charge in [0, 0.05) is 13.6 Å². The summed E-state index contributed by atoms with van der Waals surface area (Å²) in [5.74, 6) is 1.29. The van der Waals surface area contributed by atoms with Gasteiger partial charge in [-0.3, -0.25) is 4.79 Å². The molecule has 1 unspecified atom stereocenters. The summed E-state index contributed by atoms with van der Waals surface area (Å²) < 4.78 is 0. The summed E-state index contributed by atoms with van der Waals surface area (Å²) in [5, 5.41) is 3.35. The standard InChI is InChI=1S/C11H20N2O/c1-13-8-6-10(11(13)14)12-7-2-3-9-4-5-9/h9-10,12H,2-8H2,1H3. The fourth-order valence-corrected chi connectivity index (χ4v) is 2.09. The average molecular weight is 196 g/mol. The van der Waals surface area contributed by atoms with Crippen LogP contribution in [0.1, 0.15) is 32.1 Å². The largest absolute Gasteiger partial charge is 0.344 e. The quantitative estimate of drug-likeness (QED) is 0.665. The molecule has 1 saturated heterocycles. The van der Waals surface area contributed by atoms with E-state index in [0.29, 0.717) is 0 Å². The number of rotatable bonds is 5. The van der Waals surface area contributed by atoms with Gasteiger partial charge >= 0.3 is 0 Å². The number of hydrogen-bond acceptors (Lipinski definition) is 2. The number of nitrogens with zero attached hydrogens (tertiary/aromatic N) is 1. The van der Waals surface area contributed by atoms with Crippen LogP contribution in [0.25, 0.3) is 0 Å². The van der Waals surface area contributed by atoms with Gasteiger partial charge in [-0.2, -0.15) is 0 Å². The minimum atomic E-state index is 0.110. The summed E-state index contributed by atoms with van der Waals surface area (Å²) >= 11 is 0. The van der Waals surface area contributed by atoms with E-state index in [0.717, 1.165) is 25.4 Å². The molecule has 0 spiro atoms. The van der Waals surface area contributed by atoms with Crippen LogP contribution in [0.3, 0.4) is 0 Å². The number of hydrogen-bond donors (Lipinski definition) is 1. The van der Waals surface area contributed by atoms with E-state index in [1.807, 2.05) is 11.9 Å². The van der Waals surface area contributed by atoms with Gasteiger partial charge in [-0.25, -0.2) is 0 Å². The zero-order valence-corrected chi connectivity index (χ0v) is 8.96. The predicted molar refractivity (Wildman–Crippen MR) is 56.0 cm³/mol. The van der Waals surface area contributed by atoms with Gasteiger partial charge in [0.25, 0.3) is 0 Å². The van der Waals surface area contributed by atoms with Crippen LogP contribution in [0.5, 0.6) is 0 Å². The van der Waals surface area contributed by atoms with Crippen LogP contribution in [0, 0.1) is 5.92 Å². The molecule has 0 bridgehead atoms. The van der Waals surface area contributed by atoms with Crippen LogP contribution in [0.2, 0.25) is 0 Å². The Balaban J connectivity index is 1.58. The molecule has 1 aliphatic carbocycles. The second-order valence-electron chi connectivity index (χ2n) is 4.64. The van der Waals surface area contributed by atoms with Crippen molar-refractivity contribution in [3.63, 3.8) is 0 Å². The van der Waals surface area contributed by atoms with Crippen LogP contribution in [-0.4, -0.2) is 37.0 Å². The SMILES string of the molecule is CN1CCC(NCCCC2CC2)C1=O. The third-order valence-electron chi connectivity index (χ3n) is 3.30. The molecule has 1 heterocycles. The first kappa shape index (κ1) is 9.97. The molecule has 3 nitrogen and oxygen atoms in total. The normalized spacial score (nSPS) is 27.4. The highest BCUT2D eigenvalue weighted by molar-refractivity contribution is 5.83. The van der Waals surface area contributed by atoms with Crippen molar-refractivity contribution in [2.24, 2.45) is 5.92 Å². The molecule has 14 heavy (non-hydrogen) atoms. The number of carbonyl (C=O) groups is 1. The third kappa shape index (κ3) is 2.47. The summed E-state index contributed by atoms with van der Waals surface area (Å²) in [6, 6.07) is 0.110. The molecule has 1 saturated carbocycles. The molecule has 1 N–H and O–H groups in total. The number of nitrogens with one attached hydrogen (secondary N) is 1. The van der Waals surface area contributed by atoms with E-state index in [2.05, 4.69) is 5.32 Å². The summed E-state index contributed by atoms with van der Waals surface area (Å²) in [4.78, 5) is 13.3. The van der Waals surface area contributed by atoms with Gasteiger partial charge < -0.3 is 10.2 Å². The molecule has 2 fully saturated rings. The molecule has 0 aromatic carbocycles. The smallest absolute Gasteiger partial charge is 0.239 e. The van der Waals surface area contributed by atoms with E-state index in [4.69, 9.17) is 0 Å². The Bertz CT molecular complexity index is 213. The summed E-state index contributed by atoms with van der Waals surface area (Å²) in [5.41, 5.74) is 0. The summed E-state index contributed by atoms with van der Waals surface area (Å²) in [6.07, 6.45) is 6.44. The maximum atomic E-state index is 11.5. The zero-order valence-electron chi connectivity index (χ0n) is 8.96. The Morgan fingerprint density at radius 2 is 2.21 bits per heavy atom. The Kier molecular flexibility index (Phi) is 3.06. The maximum Gasteiger partial charge on any atom is 0.239 e. The highest BCUT2D eigenvalue weighted by atomic mass is 16.2. The molecule has 1 atom stereocenters. The summed E-state index contributed by atoms with van der Waals surface area (Å²) in [7, 11) is 1.88. The molecule has 1 aliphatic heterocycles. The Hall–Kier alpha value is -0.570. The highest BCUT2D eigenvalue weighted by Crippen LogP contribution is 2.33. The number of amides is 1. The topological polar surface area (TPSA) is 32.3 Å². The first-order valence-electron chi connectivity index (χ1n) is 5.76. The molecule has 0 radical (unpaired) electrons. The van der Waals surface area contributed by atoms with E-state index in [1.54, 1.807) is 0 Å². The lowest BCUT2D eigenvalue weighted by Gasteiger charge is -2.11. The minimum absolute atomic E-state index is 0.110. The van der Waals surface area contributed by atoms with E-state index in [-0.39, 0.29) is 11.9 Å². The van der Waals surface area contributed by atoms with Gasteiger partial charge in [0.2, 0.25) is 5.91 Å². The molecule has 3 heteroatoms. The van der Waals surface area contributed by atoms with Gasteiger partial charge in [0.1, 0.15) is 0 Å².